The van der Waals surface area contributed by atoms with Gasteiger partial charge in [-0.25, -0.2) is 0 Å². The van der Waals surface area contributed by atoms with E-state index in [1.165, 1.54) is 11.1 Å². The molecule has 1 aromatic rings. The molecular weight excluding hydrogens is 276 g/mol. The summed E-state index contributed by atoms with van der Waals surface area (Å²) in [4.78, 5) is 2.43. The second-order valence-corrected chi connectivity index (χ2v) is 5.19. The lowest BCUT2D eigenvalue weighted by molar-refractivity contribution is 0.302. The van der Waals surface area contributed by atoms with Crippen LogP contribution in [0, 0.1) is 6.92 Å². The van der Waals surface area contributed by atoms with Crippen molar-refractivity contribution in [3.8, 4) is 0 Å². The van der Waals surface area contributed by atoms with Crippen LogP contribution in [0.3, 0.4) is 0 Å². The van der Waals surface area contributed by atoms with Crippen LogP contribution < -0.4 is 5.32 Å². The second kappa shape index (κ2) is 7.85. The summed E-state index contributed by atoms with van der Waals surface area (Å²) in [6.07, 6.45) is 0. The van der Waals surface area contributed by atoms with Crippen LogP contribution in [-0.4, -0.2) is 31.1 Å². The van der Waals surface area contributed by atoms with Crippen molar-refractivity contribution >= 4 is 15.9 Å². The van der Waals surface area contributed by atoms with Gasteiger partial charge in [-0.2, -0.15) is 0 Å². The van der Waals surface area contributed by atoms with Gasteiger partial charge in [0.05, 0.1) is 0 Å². The predicted octanol–water partition coefficient (Wildman–Crippen LogP) is 3.19. The summed E-state index contributed by atoms with van der Waals surface area (Å²) in [5.41, 5.74) is 2.72. The SMILES string of the molecule is CCN(CC)CCNCc1ccc(Br)cc1C. The molecule has 0 saturated heterocycles. The zero-order valence-corrected chi connectivity index (χ0v) is 12.7. The van der Waals surface area contributed by atoms with E-state index in [9.17, 15) is 0 Å². The molecule has 96 valence electrons. The minimum absolute atomic E-state index is 0.959. The summed E-state index contributed by atoms with van der Waals surface area (Å²) in [6.45, 7) is 12.0. The van der Waals surface area contributed by atoms with Crippen molar-refractivity contribution < 1.29 is 0 Å². The largest absolute Gasteiger partial charge is 0.311 e. The molecule has 0 amide bonds. The second-order valence-electron chi connectivity index (χ2n) is 4.27. The number of likely N-dealkylation sites (N-methyl/N-ethyl adjacent to an activating group) is 1. The van der Waals surface area contributed by atoms with Gasteiger partial charge in [-0.05, 0) is 43.3 Å². The van der Waals surface area contributed by atoms with Gasteiger partial charge in [-0.3, -0.25) is 0 Å². The van der Waals surface area contributed by atoms with Crippen molar-refractivity contribution in [2.45, 2.75) is 27.3 Å². The lowest BCUT2D eigenvalue weighted by Crippen LogP contribution is -2.31. The number of aryl methyl sites for hydroxylation is 1. The first kappa shape index (κ1) is 14.7. The van der Waals surface area contributed by atoms with Crippen LogP contribution in [-0.2, 0) is 6.54 Å². The Balaban J connectivity index is 2.31. The molecule has 0 saturated carbocycles. The molecule has 0 bridgehead atoms. The Kier molecular flexibility index (Phi) is 6.78. The van der Waals surface area contributed by atoms with Crippen LogP contribution in [0.15, 0.2) is 22.7 Å². The molecule has 1 rings (SSSR count). The van der Waals surface area contributed by atoms with Crippen molar-refractivity contribution in [2.24, 2.45) is 0 Å². The third-order valence-electron chi connectivity index (χ3n) is 3.12. The van der Waals surface area contributed by atoms with E-state index in [2.05, 4.69) is 65.1 Å². The fraction of sp³-hybridized carbons (Fsp3) is 0.571. The maximum Gasteiger partial charge on any atom is 0.0208 e. The number of nitrogens with one attached hydrogen (secondary N) is 1. The predicted molar refractivity (Wildman–Crippen MR) is 78.4 cm³/mol. The molecule has 0 aromatic heterocycles. The van der Waals surface area contributed by atoms with Crippen LogP contribution in [0.25, 0.3) is 0 Å². The number of benzene rings is 1. The van der Waals surface area contributed by atoms with E-state index in [0.717, 1.165) is 37.2 Å². The molecule has 0 fully saturated rings. The van der Waals surface area contributed by atoms with Gasteiger partial charge < -0.3 is 10.2 Å². The number of hydrogen-bond acceptors (Lipinski definition) is 2. The molecular formula is C14H23BrN2. The molecule has 0 aliphatic heterocycles. The van der Waals surface area contributed by atoms with E-state index in [1.54, 1.807) is 0 Å². The fourth-order valence-electron chi connectivity index (χ4n) is 1.86. The van der Waals surface area contributed by atoms with Crippen molar-refractivity contribution in [3.05, 3.63) is 33.8 Å². The van der Waals surface area contributed by atoms with Gasteiger partial charge in [0, 0.05) is 24.1 Å². The standard InChI is InChI=1S/C14H23BrN2/c1-4-17(5-2)9-8-16-11-13-6-7-14(15)10-12(13)3/h6-7,10,16H,4-5,8-9,11H2,1-3H3. The Hall–Kier alpha value is -0.380. The van der Waals surface area contributed by atoms with Crippen LogP contribution in [0.5, 0.6) is 0 Å². The molecule has 2 nitrogen and oxygen atoms in total. The first-order valence-electron chi connectivity index (χ1n) is 6.35. The number of halogens is 1. The molecule has 0 spiro atoms. The van der Waals surface area contributed by atoms with Crippen LogP contribution >= 0.6 is 15.9 Å². The van der Waals surface area contributed by atoms with E-state index in [1.807, 2.05) is 0 Å². The van der Waals surface area contributed by atoms with Gasteiger partial charge in [-0.1, -0.05) is 35.8 Å². The summed E-state index contributed by atoms with van der Waals surface area (Å²) >= 11 is 3.49. The quantitative estimate of drug-likeness (QED) is 0.778. The topological polar surface area (TPSA) is 15.3 Å². The minimum atomic E-state index is 0.959. The monoisotopic (exact) mass is 298 g/mol. The van der Waals surface area contributed by atoms with Crippen molar-refractivity contribution in [1.82, 2.24) is 10.2 Å². The highest BCUT2D eigenvalue weighted by Crippen LogP contribution is 2.15. The van der Waals surface area contributed by atoms with Gasteiger partial charge >= 0.3 is 0 Å². The summed E-state index contributed by atoms with van der Waals surface area (Å²) in [6, 6.07) is 6.46. The maximum atomic E-state index is 3.50. The first-order valence-corrected chi connectivity index (χ1v) is 7.14. The average molecular weight is 299 g/mol. The smallest absolute Gasteiger partial charge is 0.0208 e. The normalized spacial score (nSPS) is 11.1. The van der Waals surface area contributed by atoms with Crippen LogP contribution in [0.2, 0.25) is 0 Å². The first-order chi connectivity index (χ1) is 8.17. The van der Waals surface area contributed by atoms with E-state index >= 15 is 0 Å². The molecule has 0 radical (unpaired) electrons. The molecule has 17 heavy (non-hydrogen) atoms. The zero-order valence-electron chi connectivity index (χ0n) is 11.1. The Morgan fingerprint density at radius 3 is 2.53 bits per heavy atom. The summed E-state index contributed by atoms with van der Waals surface area (Å²) in [5.74, 6) is 0. The highest BCUT2D eigenvalue weighted by molar-refractivity contribution is 9.10. The lowest BCUT2D eigenvalue weighted by Gasteiger charge is -2.18. The van der Waals surface area contributed by atoms with E-state index in [0.29, 0.717) is 0 Å². The molecule has 0 atom stereocenters. The molecule has 1 N–H and O–H groups in total. The highest BCUT2D eigenvalue weighted by Gasteiger charge is 2.00. The number of rotatable bonds is 7. The molecule has 1 aromatic carbocycles. The molecule has 0 heterocycles. The number of nitrogens with zero attached hydrogens (tertiary/aromatic N) is 1. The highest BCUT2D eigenvalue weighted by atomic mass is 79.9. The van der Waals surface area contributed by atoms with Gasteiger partial charge in [0.15, 0.2) is 0 Å². The van der Waals surface area contributed by atoms with Gasteiger partial charge in [0.1, 0.15) is 0 Å². The van der Waals surface area contributed by atoms with Crippen LogP contribution in [0.4, 0.5) is 0 Å². The van der Waals surface area contributed by atoms with Gasteiger partial charge in [-0.15, -0.1) is 0 Å². The Morgan fingerprint density at radius 1 is 1.24 bits per heavy atom. The van der Waals surface area contributed by atoms with Crippen LogP contribution in [0.1, 0.15) is 25.0 Å². The Morgan fingerprint density at radius 2 is 1.94 bits per heavy atom. The average Bonchev–Trinajstić information content (AvgIpc) is 2.32. The fourth-order valence-corrected chi connectivity index (χ4v) is 2.33. The van der Waals surface area contributed by atoms with Gasteiger partial charge in [0.25, 0.3) is 0 Å². The third kappa shape index (κ3) is 5.19. The van der Waals surface area contributed by atoms with Gasteiger partial charge in [0.2, 0.25) is 0 Å². The lowest BCUT2D eigenvalue weighted by atomic mass is 10.1. The maximum absolute atomic E-state index is 3.50. The third-order valence-corrected chi connectivity index (χ3v) is 3.61. The summed E-state index contributed by atoms with van der Waals surface area (Å²) < 4.78 is 1.15. The van der Waals surface area contributed by atoms with Crippen molar-refractivity contribution in [3.63, 3.8) is 0 Å². The molecule has 0 aliphatic carbocycles. The molecule has 3 heteroatoms. The summed E-state index contributed by atoms with van der Waals surface area (Å²) in [7, 11) is 0. The number of hydrogen-bond donors (Lipinski definition) is 1. The van der Waals surface area contributed by atoms with Crippen molar-refractivity contribution in [2.75, 3.05) is 26.2 Å². The Bertz CT molecular complexity index is 335. The van der Waals surface area contributed by atoms with Crippen molar-refractivity contribution in [1.29, 1.82) is 0 Å². The Labute approximate surface area is 114 Å². The minimum Gasteiger partial charge on any atom is -0.311 e. The molecule has 0 unspecified atom stereocenters. The van der Waals surface area contributed by atoms with E-state index in [-0.39, 0.29) is 0 Å². The zero-order chi connectivity index (χ0) is 12.7. The molecule has 0 aliphatic rings. The van der Waals surface area contributed by atoms with E-state index < -0.39 is 0 Å². The summed E-state index contributed by atoms with van der Waals surface area (Å²) in [5, 5.41) is 3.50. The van der Waals surface area contributed by atoms with E-state index in [4.69, 9.17) is 0 Å².